The number of fused-ring (bicyclic) bond motifs is 1. The highest BCUT2D eigenvalue weighted by Crippen LogP contribution is 2.26. The van der Waals surface area contributed by atoms with Crippen LogP contribution in [-0.4, -0.2) is 22.6 Å². The lowest BCUT2D eigenvalue weighted by molar-refractivity contribution is 0.0951. The Balaban J connectivity index is 1.57. The molecular weight excluding hydrogens is 357 g/mol. The normalized spacial score (nSPS) is 10.8. The fourth-order valence-corrected chi connectivity index (χ4v) is 3.06. The number of halogens is 1. The van der Waals surface area contributed by atoms with Gasteiger partial charge in [-0.2, -0.15) is 0 Å². The van der Waals surface area contributed by atoms with Crippen LogP contribution in [0.1, 0.15) is 15.9 Å². The number of carbonyl (C=O) groups is 1. The number of aromatic nitrogens is 2. The Morgan fingerprint density at radius 3 is 2.68 bits per heavy atom. The first-order valence-electron chi connectivity index (χ1n) is 8.79. The van der Waals surface area contributed by atoms with E-state index in [1.165, 1.54) is 12.1 Å². The summed E-state index contributed by atoms with van der Waals surface area (Å²) in [5, 5.41) is 2.84. The van der Waals surface area contributed by atoms with E-state index in [0.29, 0.717) is 17.6 Å². The van der Waals surface area contributed by atoms with E-state index in [0.717, 1.165) is 22.5 Å². The molecule has 0 radical (unpaired) electrons. The largest absolute Gasteiger partial charge is 0.495 e. The molecule has 0 aliphatic rings. The second kappa shape index (κ2) is 7.52. The zero-order valence-electron chi connectivity index (χ0n) is 15.2. The van der Waals surface area contributed by atoms with Gasteiger partial charge in [-0.05, 0) is 48.0 Å². The molecule has 1 heterocycles. The lowest BCUT2D eigenvalue weighted by Crippen LogP contribution is -2.22. The number of ether oxygens (including phenoxy) is 1. The average Bonchev–Trinajstić information content (AvgIpc) is 3.16. The summed E-state index contributed by atoms with van der Waals surface area (Å²) < 4.78 is 20.3. The van der Waals surface area contributed by atoms with Crippen molar-refractivity contribution in [2.45, 2.75) is 6.54 Å². The first-order chi connectivity index (χ1) is 13.7. The smallest absolute Gasteiger partial charge is 0.251 e. The van der Waals surface area contributed by atoms with Gasteiger partial charge in [0.1, 0.15) is 17.9 Å². The summed E-state index contributed by atoms with van der Waals surface area (Å²) in [4.78, 5) is 16.9. The van der Waals surface area contributed by atoms with Crippen molar-refractivity contribution in [1.82, 2.24) is 14.9 Å². The van der Waals surface area contributed by atoms with Crippen molar-refractivity contribution in [1.29, 1.82) is 0 Å². The summed E-state index contributed by atoms with van der Waals surface area (Å²) in [6, 6.07) is 19.1. The molecule has 5 nitrogen and oxygen atoms in total. The van der Waals surface area contributed by atoms with Gasteiger partial charge in [-0.1, -0.05) is 24.3 Å². The van der Waals surface area contributed by atoms with Crippen LogP contribution in [0.4, 0.5) is 4.39 Å². The lowest BCUT2D eigenvalue weighted by atomic mass is 10.1. The van der Waals surface area contributed by atoms with Crippen molar-refractivity contribution in [2.75, 3.05) is 7.11 Å². The van der Waals surface area contributed by atoms with Crippen LogP contribution < -0.4 is 10.1 Å². The molecule has 0 unspecified atom stereocenters. The Morgan fingerprint density at radius 2 is 1.89 bits per heavy atom. The van der Waals surface area contributed by atoms with Crippen LogP contribution in [0, 0.1) is 5.82 Å². The minimum absolute atomic E-state index is 0.210. The summed E-state index contributed by atoms with van der Waals surface area (Å²) in [6.45, 7) is 0.326. The predicted octanol–water partition coefficient (Wildman–Crippen LogP) is 4.10. The summed E-state index contributed by atoms with van der Waals surface area (Å²) >= 11 is 0. The van der Waals surface area contributed by atoms with Crippen LogP contribution in [0.25, 0.3) is 16.7 Å². The van der Waals surface area contributed by atoms with Gasteiger partial charge in [0.2, 0.25) is 0 Å². The Labute approximate surface area is 161 Å². The van der Waals surface area contributed by atoms with Gasteiger partial charge in [0.15, 0.2) is 0 Å². The predicted molar refractivity (Wildman–Crippen MR) is 105 cm³/mol. The second-order valence-electron chi connectivity index (χ2n) is 6.30. The van der Waals surface area contributed by atoms with Crippen molar-refractivity contribution in [3.8, 4) is 11.4 Å². The summed E-state index contributed by atoms with van der Waals surface area (Å²) in [7, 11) is 1.63. The van der Waals surface area contributed by atoms with Crippen LogP contribution in [-0.2, 0) is 6.54 Å². The molecule has 1 aromatic heterocycles. The Morgan fingerprint density at radius 1 is 1.11 bits per heavy atom. The number of para-hydroxylation sites is 2. The maximum absolute atomic E-state index is 13.0. The minimum Gasteiger partial charge on any atom is -0.495 e. The van der Waals surface area contributed by atoms with Crippen molar-refractivity contribution < 1.29 is 13.9 Å². The lowest BCUT2D eigenvalue weighted by Gasteiger charge is -2.10. The number of amides is 1. The number of imidazole rings is 1. The van der Waals surface area contributed by atoms with E-state index < -0.39 is 0 Å². The van der Waals surface area contributed by atoms with Gasteiger partial charge in [0.05, 0.1) is 23.8 Å². The summed E-state index contributed by atoms with van der Waals surface area (Å²) in [5.74, 6) is 0.229. The third-order valence-corrected chi connectivity index (χ3v) is 4.52. The molecule has 0 fully saturated rings. The molecule has 0 spiro atoms. The van der Waals surface area contributed by atoms with Gasteiger partial charge in [0.25, 0.3) is 5.91 Å². The first kappa shape index (κ1) is 17.7. The van der Waals surface area contributed by atoms with Crippen molar-refractivity contribution in [2.24, 2.45) is 0 Å². The average molecular weight is 375 g/mol. The Hall–Kier alpha value is -3.67. The minimum atomic E-state index is -0.300. The van der Waals surface area contributed by atoms with Gasteiger partial charge in [0, 0.05) is 12.1 Å². The zero-order chi connectivity index (χ0) is 19.5. The summed E-state index contributed by atoms with van der Waals surface area (Å²) in [6.07, 6.45) is 1.71. The van der Waals surface area contributed by atoms with Crippen LogP contribution in [0.2, 0.25) is 0 Å². The molecule has 3 aromatic carbocycles. The molecule has 6 heteroatoms. The van der Waals surface area contributed by atoms with E-state index in [1.807, 2.05) is 34.9 Å². The molecule has 0 aliphatic carbocycles. The fraction of sp³-hybridized carbons (Fsp3) is 0.0909. The fourth-order valence-electron chi connectivity index (χ4n) is 3.06. The second-order valence-corrected chi connectivity index (χ2v) is 6.30. The number of hydrogen-bond donors (Lipinski definition) is 1. The molecule has 4 aromatic rings. The van der Waals surface area contributed by atoms with Gasteiger partial charge < -0.3 is 10.1 Å². The number of hydrogen-bond acceptors (Lipinski definition) is 3. The topological polar surface area (TPSA) is 56.2 Å². The van der Waals surface area contributed by atoms with Crippen molar-refractivity contribution >= 4 is 16.9 Å². The standard InChI is InChI=1S/C22H18FN3O2/c1-28-21-5-3-2-4-20(21)26-14-25-18-12-16(8-11-19(18)26)22(27)24-13-15-6-9-17(23)10-7-15/h2-12,14H,13H2,1H3,(H,24,27). The number of nitrogens with one attached hydrogen (secondary N) is 1. The molecular formula is C22H18FN3O2. The van der Waals surface area contributed by atoms with E-state index in [4.69, 9.17) is 4.74 Å². The van der Waals surface area contributed by atoms with Crippen LogP contribution >= 0.6 is 0 Å². The van der Waals surface area contributed by atoms with Crippen LogP contribution in [0.5, 0.6) is 5.75 Å². The monoisotopic (exact) mass is 375 g/mol. The maximum Gasteiger partial charge on any atom is 0.251 e. The zero-order valence-corrected chi connectivity index (χ0v) is 15.2. The number of nitrogens with zero attached hydrogens (tertiary/aromatic N) is 2. The molecule has 28 heavy (non-hydrogen) atoms. The highest BCUT2D eigenvalue weighted by atomic mass is 19.1. The SMILES string of the molecule is COc1ccccc1-n1cnc2cc(C(=O)NCc3ccc(F)cc3)ccc21. The third kappa shape index (κ3) is 3.44. The van der Waals surface area contributed by atoms with Gasteiger partial charge in [-0.15, -0.1) is 0 Å². The molecule has 1 amide bonds. The van der Waals surface area contributed by atoms with Gasteiger partial charge >= 0.3 is 0 Å². The van der Waals surface area contributed by atoms with Crippen molar-refractivity contribution in [3.05, 3.63) is 90.0 Å². The van der Waals surface area contributed by atoms with E-state index in [1.54, 1.807) is 37.7 Å². The van der Waals surface area contributed by atoms with Crippen LogP contribution in [0.15, 0.2) is 73.1 Å². The molecule has 140 valence electrons. The first-order valence-corrected chi connectivity index (χ1v) is 8.79. The number of benzene rings is 3. The molecule has 4 rings (SSSR count). The Kier molecular flexibility index (Phi) is 4.76. The summed E-state index contributed by atoms with van der Waals surface area (Å²) in [5.41, 5.74) is 3.80. The maximum atomic E-state index is 13.0. The molecule has 1 N–H and O–H groups in total. The van der Waals surface area contributed by atoms with E-state index in [9.17, 15) is 9.18 Å². The highest BCUT2D eigenvalue weighted by Gasteiger charge is 2.12. The highest BCUT2D eigenvalue weighted by molar-refractivity contribution is 5.97. The molecule has 0 saturated carbocycles. The van der Waals surface area contributed by atoms with Crippen LogP contribution in [0.3, 0.4) is 0 Å². The van der Waals surface area contributed by atoms with Crippen molar-refractivity contribution in [3.63, 3.8) is 0 Å². The molecule has 0 aliphatic heterocycles. The number of carbonyl (C=O) groups excluding carboxylic acids is 1. The molecule has 0 atom stereocenters. The quantitative estimate of drug-likeness (QED) is 0.571. The molecule has 0 saturated heterocycles. The number of methoxy groups -OCH3 is 1. The Bertz CT molecular complexity index is 1140. The van der Waals surface area contributed by atoms with Gasteiger partial charge in [-0.3, -0.25) is 9.36 Å². The van der Waals surface area contributed by atoms with E-state index in [2.05, 4.69) is 10.3 Å². The molecule has 0 bridgehead atoms. The van der Waals surface area contributed by atoms with E-state index >= 15 is 0 Å². The van der Waals surface area contributed by atoms with E-state index in [-0.39, 0.29) is 11.7 Å². The van der Waals surface area contributed by atoms with Gasteiger partial charge in [-0.25, -0.2) is 9.37 Å². The third-order valence-electron chi connectivity index (χ3n) is 4.52. The number of rotatable bonds is 5.